The number of methoxy groups -OCH3 is 1. The number of anilines is 1. The average Bonchev–Trinajstić information content (AvgIpc) is 3.58. The molecule has 0 fully saturated rings. The lowest BCUT2D eigenvalue weighted by Gasteiger charge is -2.10. The number of amides is 2. The molecule has 0 unspecified atom stereocenters. The first-order valence-corrected chi connectivity index (χ1v) is 14.5. The van der Waals surface area contributed by atoms with E-state index in [1.807, 2.05) is 4.57 Å². The van der Waals surface area contributed by atoms with Crippen LogP contribution in [-0.2, 0) is 16.1 Å². The van der Waals surface area contributed by atoms with Gasteiger partial charge in [0, 0.05) is 27.9 Å². The summed E-state index contributed by atoms with van der Waals surface area (Å²) in [4.78, 5) is 38.3. The number of allylic oxidation sites excluding steroid dienone is 1. The van der Waals surface area contributed by atoms with Crippen LogP contribution in [0.15, 0.2) is 47.5 Å². The van der Waals surface area contributed by atoms with E-state index in [0.29, 0.717) is 23.1 Å². The molecule has 1 aromatic carbocycles. The Morgan fingerprint density at radius 3 is 2.54 bits per heavy atom. The molecule has 0 spiro atoms. The van der Waals surface area contributed by atoms with Gasteiger partial charge < -0.3 is 15.8 Å². The number of esters is 1. The number of hydrogen-bond acceptors (Lipinski definition) is 9. The number of hydrogen-bond donors (Lipinski definition) is 2. The lowest BCUT2D eigenvalue weighted by molar-refractivity contribution is -0.113. The van der Waals surface area contributed by atoms with E-state index >= 15 is 0 Å². The van der Waals surface area contributed by atoms with Crippen LogP contribution in [0.2, 0.25) is 0 Å². The van der Waals surface area contributed by atoms with Crippen LogP contribution in [0.5, 0.6) is 0 Å². The van der Waals surface area contributed by atoms with Gasteiger partial charge in [-0.15, -0.1) is 39.4 Å². The Morgan fingerprint density at radius 2 is 1.90 bits per heavy atom. The van der Waals surface area contributed by atoms with E-state index in [4.69, 9.17) is 10.5 Å². The van der Waals surface area contributed by atoms with Gasteiger partial charge in [-0.25, -0.2) is 4.79 Å². The van der Waals surface area contributed by atoms with Crippen LogP contribution >= 0.6 is 34.4 Å². The Balaban J connectivity index is 1.59. The van der Waals surface area contributed by atoms with Gasteiger partial charge in [0.15, 0.2) is 11.0 Å². The molecule has 0 radical (unpaired) electrons. The van der Waals surface area contributed by atoms with Crippen molar-refractivity contribution in [3.8, 4) is 22.5 Å². The third-order valence-electron chi connectivity index (χ3n) is 5.93. The highest BCUT2D eigenvalue weighted by Gasteiger charge is 2.26. The summed E-state index contributed by atoms with van der Waals surface area (Å²) >= 11 is 3.79. The zero-order valence-electron chi connectivity index (χ0n) is 21.9. The minimum atomic E-state index is -0.684. The molecule has 202 valence electrons. The lowest BCUT2D eigenvalue weighted by Crippen LogP contribution is -2.16. The number of thioether (sulfide) groups is 1. The van der Waals surface area contributed by atoms with E-state index in [0.717, 1.165) is 28.0 Å². The number of rotatable bonds is 10. The van der Waals surface area contributed by atoms with E-state index in [1.54, 1.807) is 24.3 Å². The number of nitrogens with two attached hydrogens (primary N) is 1. The third-order valence-corrected chi connectivity index (χ3v) is 9.03. The number of carbonyl (C=O) groups excluding carboxylic acids is 3. The Bertz CT molecular complexity index is 1570. The standard InChI is InChI=1S/C27H27N5O4S3/c1-6-11-32-24(18-12-37-16(4)21(18)17-9-7-14(2)8-10-17)30-31-27(32)38-13-19(33)29-25-20(26(35)36-5)15(3)22(39-25)23(28)34/h6-10,12H,1,11,13H2,2-5H3,(H2,28,34)(H,29,33). The molecule has 0 aliphatic heterocycles. The summed E-state index contributed by atoms with van der Waals surface area (Å²) in [5, 5.41) is 14.4. The van der Waals surface area contributed by atoms with Gasteiger partial charge in [0.25, 0.3) is 5.91 Å². The van der Waals surface area contributed by atoms with Crippen molar-refractivity contribution in [2.75, 3.05) is 18.2 Å². The van der Waals surface area contributed by atoms with Crippen molar-refractivity contribution < 1.29 is 19.1 Å². The minimum Gasteiger partial charge on any atom is -0.465 e. The quantitative estimate of drug-likeness (QED) is 0.144. The number of ether oxygens (including phenoxy) is 1. The summed E-state index contributed by atoms with van der Waals surface area (Å²) in [6, 6.07) is 8.36. The van der Waals surface area contributed by atoms with Crippen LogP contribution in [-0.4, -0.2) is 45.4 Å². The first-order valence-electron chi connectivity index (χ1n) is 11.8. The molecule has 0 atom stereocenters. The molecule has 4 rings (SSSR count). The summed E-state index contributed by atoms with van der Waals surface area (Å²) in [6.07, 6.45) is 1.75. The van der Waals surface area contributed by atoms with Crippen molar-refractivity contribution in [3.05, 3.63) is 68.7 Å². The molecule has 3 aromatic heterocycles. The molecule has 3 heterocycles. The smallest absolute Gasteiger partial charge is 0.341 e. The number of primary amides is 1. The van der Waals surface area contributed by atoms with Crippen LogP contribution < -0.4 is 11.1 Å². The highest BCUT2D eigenvalue weighted by Crippen LogP contribution is 2.39. The van der Waals surface area contributed by atoms with Crippen LogP contribution in [0.4, 0.5) is 5.00 Å². The second kappa shape index (κ2) is 12.0. The van der Waals surface area contributed by atoms with Crippen molar-refractivity contribution in [2.24, 2.45) is 5.73 Å². The fraction of sp³-hybridized carbons (Fsp3) is 0.222. The first-order chi connectivity index (χ1) is 18.7. The van der Waals surface area contributed by atoms with Crippen molar-refractivity contribution in [2.45, 2.75) is 32.5 Å². The highest BCUT2D eigenvalue weighted by molar-refractivity contribution is 7.99. The molecule has 2 amide bonds. The monoisotopic (exact) mass is 581 g/mol. The molecule has 3 N–H and O–H groups in total. The molecule has 4 aromatic rings. The maximum Gasteiger partial charge on any atom is 0.341 e. The third kappa shape index (κ3) is 5.82. The predicted octanol–water partition coefficient (Wildman–Crippen LogP) is 5.46. The van der Waals surface area contributed by atoms with Crippen molar-refractivity contribution in [3.63, 3.8) is 0 Å². The number of aryl methyl sites for hydroxylation is 2. The fourth-order valence-electron chi connectivity index (χ4n) is 4.06. The predicted molar refractivity (Wildman–Crippen MR) is 157 cm³/mol. The molecule has 0 bridgehead atoms. The number of nitrogens with one attached hydrogen (secondary N) is 1. The largest absolute Gasteiger partial charge is 0.465 e. The van der Waals surface area contributed by atoms with E-state index in [2.05, 4.69) is 65.6 Å². The van der Waals surface area contributed by atoms with Gasteiger partial charge in [-0.2, -0.15) is 0 Å². The zero-order valence-corrected chi connectivity index (χ0v) is 24.3. The maximum absolute atomic E-state index is 12.9. The van der Waals surface area contributed by atoms with Gasteiger partial charge in [0.1, 0.15) is 5.00 Å². The van der Waals surface area contributed by atoms with Gasteiger partial charge in [0.2, 0.25) is 5.91 Å². The molecule has 9 nitrogen and oxygen atoms in total. The molecule has 0 aliphatic rings. The van der Waals surface area contributed by atoms with Crippen molar-refractivity contribution >= 4 is 57.2 Å². The Labute approximate surface area is 238 Å². The van der Waals surface area contributed by atoms with Crippen LogP contribution in [0.25, 0.3) is 22.5 Å². The topological polar surface area (TPSA) is 129 Å². The fourth-order valence-corrected chi connectivity index (χ4v) is 6.74. The normalized spacial score (nSPS) is 10.9. The molecular formula is C27H27N5O4S3. The van der Waals surface area contributed by atoms with Crippen LogP contribution in [0.1, 0.15) is 36.0 Å². The van der Waals surface area contributed by atoms with Gasteiger partial charge in [-0.3, -0.25) is 14.2 Å². The summed E-state index contributed by atoms with van der Waals surface area (Å²) in [5.74, 6) is -1.05. The zero-order chi connectivity index (χ0) is 28.3. The number of thiophene rings is 2. The van der Waals surface area contributed by atoms with Crippen molar-refractivity contribution in [1.82, 2.24) is 14.8 Å². The maximum atomic E-state index is 12.9. The molecule has 0 aliphatic carbocycles. The Morgan fingerprint density at radius 1 is 1.18 bits per heavy atom. The summed E-state index contributed by atoms with van der Waals surface area (Å²) < 4.78 is 6.75. The van der Waals surface area contributed by atoms with E-state index in [1.165, 1.54) is 29.3 Å². The summed E-state index contributed by atoms with van der Waals surface area (Å²) in [6.45, 7) is 10.0. The van der Waals surface area contributed by atoms with E-state index in [9.17, 15) is 14.4 Å². The van der Waals surface area contributed by atoms with Gasteiger partial charge in [-0.1, -0.05) is 47.7 Å². The molecule has 0 saturated carbocycles. The number of nitrogens with zero attached hydrogens (tertiary/aromatic N) is 3. The number of benzene rings is 1. The van der Waals surface area contributed by atoms with Crippen LogP contribution in [0, 0.1) is 20.8 Å². The Hall–Kier alpha value is -3.74. The lowest BCUT2D eigenvalue weighted by atomic mass is 10.0. The SMILES string of the molecule is C=CCn1c(SCC(=O)Nc2sc(C(N)=O)c(C)c2C(=O)OC)nnc1-c1csc(C)c1-c1ccc(C)cc1. The van der Waals surface area contributed by atoms with E-state index < -0.39 is 11.9 Å². The molecular weight excluding hydrogens is 555 g/mol. The van der Waals surface area contributed by atoms with Crippen LogP contribution in [0.3, 0.4) is 0 Å². The second-order valence-electron chi connectivity index (χ2n) is 8.61. The van der Waals surface area contributed by atoms with Gasteiger partial charge in [0.05, 0.1) is 23.3 Å². The second-order valence-corrected chi connectivity index (χ2v) is 11.7. The van der Waals surface area contributed by atoms with E-state index in [-0.39, 0.29) is 27.1 Å². The average molecular weight is 582 g/mol. The van der Waals surface area contributed by atoms with Gasteiger partial charge >= 0.3 is 5.97 Å². The summed E-state index contributed by atoms with van der Waals surface area (Å²) in [7, 11) is 1.23. The molecule has 0 saturated heterocycles. The summed E-state index contributed by atoms with van der Waals surface area (Å²) in [5.41, 5.74) is 10.3. The first kappa shape index (κ1) is 28.3. The highest BCUT2D eigenvalue weighted by atomic mass is 32.2. The molecule has 12 heteroatoms. The number of aromatic nitrogens is 3. The minimum absolute atomic E-state index is 0.00771. The Kier molecular flexibility index (Phi) is 8.68. The van der Waals surface area contributed by atoms with Gasteiger partial charge in [-0.05, 0) is 31.9 Å². The number of carbonyl (C=O) groups is 3. The molecule has 39 heavy (non-hydrogen) atoms. The van der Waals surface area contributed by atoms with Crippen molar-refractivity contribution in [1.29, 1.82) is 0 Å².